The van der Waals surface area contributed by atoms with Gasteiger partial charge in [0.05, 0.1) is 13.2 Å². The minimum atomic E-state index is -6.94. The van der Waals surface area contributed by atoms with Crippen LogP contribution in [0.15, 0.2) is 48.8 Å². The Hall–Kier alpha value is -2.50. The summed E-state index contributed by atoms with van der Waals surface area (Å²) >= 11 is 0. The molecule has 3 rings (SSSR count). The van der Waals surface area contributed by atoms with E-state index in [0.717, 1.165) is 6.92 Å². The maximum Gasteiger partial charge on any atom is 0.460 e. The highest BCUT2D eigenvalue weighted by Crippen LogP contribution is 2.56. The molecule has 3 nitrogen and oxygen atoms in total. The van der Waals surface area contributed by atoms with Crippen LogP contribution in [0.2, 0.25) is 0 Å². The van der Waals surface area contributed by atoms with Crippen LogP contribution in [0.1, 0.15) is 24.5 Å². The summed E-state index contributed by atoms with van der Waals surface area (Å²) in [6.45, 7) is 3.12. The summed E-state index contributed by atoms with van der Waals surface area (Å²) in [7, 11) is 0. The molecule has 0 bridgehead atoms. The first-order chi connectivity index (χ1) is 15.6. The van der Waals surface area contributed by atoms with E-state index in [4.69, 9.17) is 4.74 Å². The molecule has 0 radical (unpaired) electrons. The number of hydrogen-bond acceptors (Lipinski definition) is 3. The van der Waals surface area contributed by atoms with E-state index in [1.807, 2.05) is 4.90 Å². The van der Waals surface area contributed by atoms with E-state index >= 15 is 0 Å². The topological polar surface area (TPSA) is 25.4 Å². The number of anilines is 1. The van der Waals surface area contributed by atoms with Crippen molar-refractivity contribution in [3.63, 3.8) is 0 Å². The molecule has 2 heterocycles. The first-order valence-corrected chi connectivity index (χ1v) is 10.2. The van der Waals surface area contributed by atoms with E-state index in [2.05, 4.69) is 4.98 Å². The van der Waals surface area contributed by atoms with Gasteiger partial charge in [-0.3, -0.25) is 4.98 Å². The van der Waals surface area contributed by atoms with E-state index in [-0.39, 0.29) is 11.1 Å². The Kier molecular flexibility index (Phi) is 6.86. The average molecular weight is 500 g/mol. The molecule has 34 heavy (non-hydrogen) atoms. The predicted molar refractivity (Wildman–Crippen MR) is 106 cm³/mol. The van der Waals surface area contributed by atoms with Gasteiger partial charge in [0.15, 0.2) is 0 Å². The summed E-state index contributed by atoms with van der Waals surface area (Å²) in [5, 5.41) is 0. The van der Waals surface area contributed by atoms with Crippen molar-refractivity contribution in [1.82, 2.24) is 4.98 Å². The van der Waals surface area contributed by atoms with Gasteiger partial charge in [0.2, 0.25) is 0 Å². The van der Waals surface area contributed by atoms with Gasteiger partial charge in [0.1, 0.15) is 0 Å². The molecule has 12 heteroatoms. The summed E-state index contributed by atoms with van der Waals surface area (Å²) < 4.78 is 127. The van der Waals surface area contributed by atoms with E-state index < -0.39 is 35.8 Å². The second-order valence-electron chi connectivity index (χ2n) is 8.24. The Morgan fingerprint density at radius 1 is 0.765 bits per heavy atom. The van der Waals surface area contributed by atoms with Crippen LogP contribution >= 0.6 is 0 Å². The lowest BCUT2D eigenvalue weighted by Gasteiger charge is -2.39. The van der Waals surface area contributed by atoms with Crippen LogP contribution in [0.4, 0.5) is 45.2 Å². The maximum atomic E-state index is 14.7. The second-order valence-corrected chi connectivity index (χ2v) is 8.24. The quantitative estimate of drug-likeness (QED) is 0.431. The molecule has 0 spiro atoms. The van der Waals surface area contributed by atoms with Crippen molar-refractivity contribution in [3.8, 4) is 0 Å². The molecular formula is C22H21F9N2O. The monoisotopic (exact) mass is 500 g/mol. The van der Waals surface area contributed by atoms with Crippen LogP contribution in [0, 0.1) is 0 Å². The van der Waals surface area contributed by atoms with E-state index in [1.165, 1.54) is 36.7 Å². The highest BCUT2D eigenvalue weighted by atomic mass is 19.4. The number of pyridine rings is 1. The summed E-state index contributed by atoms with van der Waals surface area (Å²) in [6, 6.07) is 8.24. The van der Waals surface area contributed by atoms with Crippen molar-refractivity contribution < 1.29 is 44.3 Å². The molecule has 188 valence electrons. The highest BCUT2D eigenvalue weighted by Gasteiger charge is 2.81. The molecular weight excluding hydrogens is 479 g/mol. The number of morpholine rings is 1. The minimum absolute atomic E-state index is 0.00702. The van der Waals surface area contributed by atoms with Crippen molar-refractivity contribution in [2.45, 2.75) is 42.7 Å². The predicted octanol–water partition coefficient (Wildman–Crippen LogP) is 6.08. The molecule has 1 saturated heterocycles. The number of halogens is 9. The Morgan fingerprint density at radius 2 is 1.26 bits per heavy atom. The number of nitrogens with zero attached hydrogens (tertiary/aromatic N) is 2. The number of aromatic nitrogens is 1. The van der Waals surface area contributed by atoms with Crippen molar-refractivity contribution >= 4 is 5.69 Å². The first kappa shape index (κ1) is 26.1. The molecule has 1 aliphatic heterocycles. The zero-order valence-electron chi connectivity index (χ0n) is 17.9. The fourth-order valence-corrected chi connectivity index (χ4v) is 3.91. The largest absolute Gasteiger partial charge is 0.460 e. The number of alkyl halides is 9. The van der Waals surface area contributed by atoms with Gasteiger partial charge in [-0.25, -0.2) is 0 Å². The lowest BCUT2D eigenvalue weighted by molar-refractivity contribution is -0.397. The van der Waals surface area contributed by atoms with Crippen molar-refractivity contribution in [1.29, 1.82) is 0 Å². The van der Waals surface area contributed by atoms with Crippen molar-refractivity contribution in [3.05, 3.63) is 59.9 Å². The lowest BCUT2D eigenvalue weighted by Crippen LogP contribution is -2.62. The average Bonchev–Trinajstić information content (AvgIpc) is 2.79. The third-order valence-corrected chi connectivity index (χ3v) is 5.98. The van der Waals surface area contributed by atoms with Gasteiger partial charge in [-0.2, -0.15) is 39.5 Å². The van der Waals surface area contributed by atoms with Crippen LogP contribution in [0.5, 0.6) is 0 Å². The van der Waals surface area contributed by atoms with E-state index in [9.17, 15) is 39.5 Å². The molecule has 0 amide bonds. The SMILES string of the molecule is CC(CC(F)(F)C(F)(F)C(F)(F)C(F)(F)F)(c1ccncc1)c1ccc(N2CCOCC2)cc1. The third-order valence-electron chi connectivity index (χ3n) is 5.98. The zero-order chi connectivity index (χ0) is 25.4. The fourth-order valence-electron chi connectivity index (χ4n) is 3.91. The summed E-state index contributed by atoms with van der Waals surface area (Å²) in [5.41, 5.74) is -1.35. The number of rotatable bonds is 7. The van der Waals surface area contributed by atoms with Crippen LogP contribution in [-0.2, 0) is 10.2 Å². The minimum Gasteiger partial charge on any atom is -0.378 e. The summed E-state index contributed by atoms with van der Waals surface area (Å²) in [6.07, 6.45) is -6.53. The molecule has 1 aromatic carbocycles. The van der Waals surface area contributed by atoms with Gasteiger partial charge in [-0.05, 0) is 35.4 Å². The Balaban J connectivity index is 2.03. The molecule has 0 saturated carbocycles. The van der Waals surface area contributed by atoms with E-state index in [1.54, 1.807) is 12.1 Å². The Labute approximate surface area is 189 Å². The number of benzene rings is 1. The molecule has 0 N–H and O–H groups in total. The highest BCUT2D eigenvalue weighted by molar-refractivity contribution is 5.51. The normalized spacial score (nSPS) is 18.0. The first-order valence-electron chi connectivity index (χ1n) is 10.2. The van der Waals surface area contributed by atoms with Gasteiger partial charge in [-0.1, -0.05) is 19.1 Å². The van der Waals surface area contributed by atoms with Crippen LogP contribution in [0.3, 0.4) is 0 Å². The number of hydrogen-bond donors (Lipinski definition) is 0. The zero-order valence-corrected chi connectivity index (χ0v) is 17.9. The van der Waals surface area contributed by atoms with Crippen LogP contribution in [-0.4, -0.2) is 55.2 Å². The molecule has 1 atom stereocenters. The van der Waals surface area contributed by atoms with Gasteiger partial charge in [0.25, 0.3) is 0 Å². The summed E-state index contributed by atoms with van der Waals surface area (Å²) in [5.74, 6) is -19.4. The second kappa shape index (κ2) is 8.94. The Bertz CT molecular complexity index is 959. The lowest BCUT2D eigenvalue weighted by atomic mass is 9.71. The van der Waals surface area contributed by atoms with Crippen LogP contribution < -0.4 is 4.90 Å². The molecule has 1 aliphatic rings. The molecule has 0 aliphatic carbocycles. The molecule has 1 unspecified atom stereocenters. The maximum absolute atomic E-state index is 14.7. The van der Waals surface area contributed by atoms with Crippen molar-refractivity contribution in [2.24, 2.45) is 0 Å². The molecule has 1 aromatic heterocycles. The Morgan fingerprint density at radius 3 is 1.76 bits per heavy atom. The molecule has 2 aromatic rings. The van der Waals surface area contributed by atoms with Gasteiger partial charge < -0.3 is 9.64 Å². The fraction of sp³-hybridized carbons (Fsp3) is 0.500. The smallest absolute Gasteiger partial charge is 0.378 e. The standard InChI is InChI=1S/C22H21F9N2O/c1-18(16-6-8-32-9-7-16,14-19(23,24)20(25,26)21(27,28)22(29,30)31)15-2-4-17(5-3-15)33-10-12-34-13-11-33/h2-9H,10-14H2,1H3. The van der Waals surface area contributed by atoms with E-state index in [0.29, 0.717) is 32.0 Å². The van der Waals surface area contributed by atoms with Crippen molar-refractivity contribution in [2.75, 3.05) is 31.2 Å². The number of ether oxygens (including phenoxy) is 1. The summed E-state index contributed by atoms with van der Waals surface area (Å²) in [4.78, 5) is 5.66. The van der Waals surface area contributed by atoms with Gasteiger partial charge in [-0.15, -0.1) is 0 Å². The van der Waals surface area contributed by atoms with Gasteiger partial charge >= 0.3 is 23.9 Å². The van der Waals surface area contributed by atoms with Gasteiger partial charge in [0, 0.05) is 43.0 Å². The third kappa shape index (κ3) is 4.56. The molecule has 1 fully saturated rings. The van der Waals surface area contributed by atoms with Crippen LogP contribution in [0.25, 0.3) is 0 Å².